The molecule has 72 valence electrons. The molecular formula is C9H6F2N2O. The molecule has 0 aliphatic carbocycles. The molecule has 5 heteroatoms. The molecule has 0 saturated heterocycles. The third kappa shape index (κ3) is 1.26. The van der Waals surface area contributed by atoms with Crippen LogP contribution in [0.5, 0.6) is 0 Å². The molecule has 0 amide bonds. The summed E-state index contributed by atoms with van der Waals surface area (Å²) in [5.74, 6) is 0. The van der Waals surface area contributed by atoms with Gasteiger partial charge in [-0.05, 0) is 12.1 Å². The summed E-state index contributed by atoms with van der Waals surface area (Å²) in [5.41, 5.74) is 0.735. The molecule has 0 unspecified atom stereocenters. The molecule has 14 heavy (non-hydrogen) atoms. The Labute approximate surface area is 77.8 Å². The number of rotatable bonds is 2. The van der Waals surface area contributed by atoms with Gasteiger partial charge in [-0.15, -0.1) is 0 Å². The minimum Gasteiger partial charge on any atom is -0.345 e. The van der Waals surface area contributed by atoms with E-state index in [1.165, 1.54) is 18.5 Å². The van der Waals surface area contributed by atoms with Gasteiger partial charge in [-0.2, -0.15) is 0 Å². The van der Waals surface area contributed by atoms with E-state index in [2.05, 4.69) is 9.97 Å². The van der Waals surface area contributed by atoms with E-state index >= 15 is 0 Å². The van der Waals surface area contributed by atoms with Crippen LogP contribution in [0.1, 0.15) is 22.3 Å². The molecule has 0 saturated carbocycles. The third-order valence-electron chi connectivity index (χ3n) is 1.99. The van der Waals surface area contributed by atoms with Crippen LogP contribution in [-0.2, 0) is 0 Å². The normalized spacial score (nSPS) is 11.1. The Morgan fingerprint density at radius 1 is 1.43 bits per heavy atom. The molecular weight excluding hydrogens is 190 g/mol. The van der Waals surface area contributed by atoms with E-state index in [1.807, 2.05) is 0 Å². The lowest BCUT2D eigenvalue weighted by Crippen LogP contribution is -1.93. The van der Waals surface area contributed by atoms with Crippen LogP contribution in [0.2, 0.25) is 0 Å². The van der Waals surface area contributed by atoms with Crippen LogP contribution >= 0.6 is 0 Å². The number of halogens is 2. The number of aromatic nitrogens is 2. The van der Waals surface area contributed by atoms with Crippen molar-refractivity contribution in [2.24, 2.45) is 0 Å². The summed E-state index contributed by atoms with van der Waals surface area (Å²) < 4.78 is 24.9. The molecule has 0 spiro atoms. The first-order chi connectivity index (χ1) is 6.72. The molecule has 2 rings (SSSR count). The van der Waals surface area contributed by atoms with Gasteiger partial charge in [0.25, 0.3) is 6.43 Å². The zero-order chi connectivity index (χ0) is 10.1. The van der Waals surface area contributed by atoms with Crippen LogP contribution in [0.3, 0.4) is 0 Å². The second-order valence-corrected chi connectivity index (χ2v) is 2.82. The van der Waals surface area contributed by atoms with Crippen LogP contribution in [0, 0.1) is 0 Å². The molecule has 3 nitrogen and oxygen atoms in total. The predicted octanol–water partition coefficient (Wildman–Crippen LogP) is 2.31. The Balaban J connectivity index is 2.72. The lowest BCUT2D eigenvalue weighted by Gasteiger charge is -2.02. The van der Waals surface area contributed by atoms with Crippen molar-refractivity contribution < 1.29 is 13.6 Å². The molecule has 0 radical (unpaired) electrons. The number of aldehydes is 1. The molecule has 0 atom stereocenters. The van der Waals surface area contributed by atoms with Crippen molar-refractivity contribution >= 4 is 17.3 Å². The molecule has 0 bridgehead atoms. The zero-order valence-electron chi connectivity index (χ0n) is 7.00. The maximum absolute atomic E-state index is 12.5. The largest absolute Gasteiger partial charge is 0.345 e. The monoisotopic (exact) mass is 196 g/mol. The van der Waals surface area contributed by atoms with Crippen LogP contribution in [0.15, 0.2) is 18.5 Å². The fourth-order valence-corrected chi connectivity index (χ4v) is 1.31. The number of hydrogen-bond donors (Lipinski definition) is 1. The number of imidazole rings is 1. The molecule has 1 aromatic carbocycles. The fraction of sp³-hybridized carbons (Fsp3) is 0.111. The van der Waals surface area contributed by atoms with Gasteiger partial charge in [-0.1, -0.05) is 0 Å². The van der Waals surface area contributed by atoms with Gasteiger partial charge in [0, 0.05) is 11.1 Å². The average Bonchev–Trinajstić information content (AvgIpc) is 2.62. The molecule has 0 aliphatic heterocycles. The number of nitrogens with zero attached hydrogens (tertiary/aromatic N) is 1. The Morgan fingerprint density at radius 2 is 2.21 bits per heavy atom. The lowest BCUT2D eigenvalue weighted by atomic mass is 10.1. The quantitative estimate of drug-likeness (QED) is 0.749. The number of aromatic amines is 1. The average molecular weight is 196 g/mol. The van der Waals surface area contributed by atoms with E-state index in [0.717, 1.165) is 0 Å². The van der Waals surface area contributed by atoms with Gasteiger partial charge in [0.2, 0.25) is 0 Å². The van der Waals surface area contributed by atoms with Crippen LogP contribution < -0.4 is 0 Å². The Hall–Kier alpha value is -1.78. The molecule has 2 aromatic rings. The first kappa shape index (κ1) is 8.80. The predicted molar refractivity (Wildman–Crippen MR) is 46.4 cm³/mol. The van der Waals surface area contributed by atoms with Crippen molar-refractivity contribution in [3.05, 3.63) is 29.6 Å². The highest BCUT2D eigenvalue weighted by Crippen LogP contribution is 2.25. The maximum atomic E-state index is 12.5. The van der Waals surface area contributed by atoms with E-state index in [-0.39, 0.29) is 11.1 Å². The summed E-state index contributed by atoms with van der Waals surface area (Å²) in [6, 6.07) is 2.59. The number of carbonyl (C=O) groups excluding carboxylic acids is 1. The zero-order valence-corrected chi connectivity index (χ0v) is 7.00. The summed E-state index contributed by atoms with van der Waals surface area (Å²) in [7, 11) is 0. The smallest absolute Gasteiger partial charge is 0.264 e. The standard InChI is InChI=1S/C9H6F2N2O/c10-9(11)6-2-8-7(12-4-13-8)1-5(6)3-14/h1-4,9H,(H,12,13). The minimum absolute atomic E-state index is 0.0143. The van der Waals surface area contributed by atoms with E-state index in [4.69, 9.17) is 0 Å². The first-order valence-electron chi connectivity index (χ1n) is 3.92. The van der Waals surface area contributed by atoms with Crippen molar-refractivity contribution in [2.45, 2.75) is 6.43 Å². The van der Waals surface area contributed by atoms with Crippen LogP contribution in [0.25, 0.3) is 11.0 Å². The van der Waals surface area contributed by atoms with Crippen molar-refractivity contribution in [1.29, 1.82) is 0 Å². The van der Waals surface area contributed by atoms with Crippen molar-refractivity contribution in [1.82, 2.24) is 9.97 Å². The molecule has 0 fully saturated rings. The summed E-state index contributed by atoms with van der Waals surface area (Å²) in [5, 5.41) is 0. The number of nitrogens with one attached hydrogen (secondary N) is 1. The molecule has 1 aromatic heterocycles. The van der Waals surface area contributed by atoms with Crippen molar-refractivity contribution in [2.75, 3.05) is 0 Å². The number of benzene rings is 1. The summed E-state index contributed by atoms with van der Waals surface area (Å²) in [4.78, 5) is 17.1. The second-order valence-electron chi connectivity index (χ2n) is 2.82. The van der Waals surface area contributed by atoms with Gasteiger partial charge in [-0.25, -0.2) is 13.8 Å². The van der Waals surface area contributed by atoms with E-state index in [0.29, 0.717) is 17.3 Å². The summed E-state index contributed by atoms with van der Waals surface area (Å²) in [6.45, 7) is 0. The first-order valence-corrected chi connectivity index (χ1v) is 3.92. The highest BCUT2D eigenvalue weighted by Gasteiger charge is 2.14. The maximum Gasteiger partial charge on any atom is 0.264 e. The van der Waals surface area contributed by atoms with Gasteiger partial charge in [0.05, 0.1) is 17.4 Å². The summed E-state index contributed by atoms with van der Waals surface area (Å²) in [6.07, 6.45) is -0.840. The van der Waals surface area contributed by atoms with E-state index in [1.54, 1.807) is 0 Å². The molecule has 0 aliphatic rings. The van der Waals surface area contributed by atoms with Gasteiger partial charge in [0.1, 0.15) is 0 Å². The van der Waals surface area contributed by atoms with Crippen molar-refractivity contribution in [3.8, 4) is 0 Å². The van der Waals surface area contributed by atoms with Crippen LogP contribution in [-0.4, -0.2) is 16.3 Å². The van der Waals surface area contributed by atoms with Gasteiger partial charge < -0.3 is 4.98 Å². The van der Waals surface area contributed by atoms with E-state index < -0.39 is 6.43 Å². The second kappa shape index (κ2) is 3.17. The fourth-order valence-electron chi connectivity index (χ4n) is 1.31. The number of alkyl halides is 2. The van der Waals surface area contributed by atoms with Gasteiger partial charge >= 0.3 is 0 Å². The van der Waals surface area contributed by atoms with Gasteiger partial charge in [0.15, 0.2) is 6.29 Å². The molecule has 1 N–H and O–H groups in total. The number of hydrogen-bond acceptors (Lipinski definition) is 2. The number of carbonyl (C=O) groups is 1. The SMILES string of the molecule is O=Cc1cc2nc[nH]c2cc1C(F)F. The number of H-pyrrole nitrogens is 1. The highest BCUT2D eigenvalue weighted by atomic mass is 19.3. The number of fused-ring (bicyclic) bond motifs is 1. The van der Waals surface area contributed by atoms with Crippen LogP contribution in [0.4, 0.5) is 8.78 Å². The Kier molecular flexibility index (Phi) is 1.99. The third-order valence-corrected chi connectivity index (χ3v) is 1.99. The van der Waals surface area contributed by atoms with Crippen molar-refractivity contribution in [3.63, 3.8) is 0 Å². The topological polar surface area (TPSA) is 45.8 Å². The highest BCUT2D eigenvalue weighted by molar-refractivity contribution is 5.86. The Morgan fingerprint density at radius 3 is 2.86 bits per heavy atom. The van der Waals surface area contributed by atoms with Gasteiger partial charge in [-0.3, -0.25) is 4.79 Å². The minimum atomic E-state index is -2.65. The summed E-state index contributed by atoms with van der Waals surface area (Å²) >= 11 is 0. The Bertz CT molecular complexity index is 479. The van der Waals surface area contributed by atoms with E-state index in [9.17, 15) is 13.6 Å². The lowest BCUT2D eigenvalue weighted by molar-refractivity contribution is 0.110. The molecule has 1 heterocycles.